The zero-order chi connectivity index (χ0) is 17.1. The Labute approximate surface area is 151 Å². The molecule has 1 atom stereocenters. The Kier molecular flexibility index (Phi) is 4.90. The fourth-order valence-corrected chi connectivity index (χ4v) is 4.19. The molecule has 1 saturated heterocycles. The molecular weight excluding hydrogens is 336 g/mol. The quantitative estimate of drug-likeness (QED) is 0.892. The van der Waals surface area contributed by atoms with Crippen molar-refractivity contribution in [1.82, 2.24) is 10.2 Å². The molecule has 0 saturated carbocycles. The van der Waals surface area contributed by atoms with Crippen molar-refractivity contribution in [2.75, 3.05) is 26.4 Å². The maximum Gasteiger partial charge on any atom is 0.261 e. The molecule has 3 heterocycles. The lowest BCUT2D eigenvalue weighted by molar-refractivity contribution is 0.0934. The highest BCUT2D eigenvalue weighted by molar-refractivity contribution is 7.12. The third-order valence-electron chi connectivity index (χ3n) is 4.77. The molecule has 0 aliphatic carbocycles. The van der Waals surface area contributed by atoms with E-state index >= 15 is 0 Å². The van der Waals surface area contributed by atoms with E-state index in [4.69, 9.17) is 9.47 Å². The molecule has 1 unspecified atom stereocenters. The minimum absolute atomic E-state index is 0.0403. The summed E-state index contributed by atoms with van der Waals surface area (Å²) in [5.74, 6) is 2.26. The maximum atomic E-state index is 12.1. The summed E-state index contributed by atoms with van der Waals surface area (Å²) in [5, 5.41) is 5.01. The van der Waals surface area contributed by atoms with Gasteiger partial charge in [0.1, 0.15) is 0 Å². The third-order valence-corrected chi connectivity index (χ3v) is 5.64. The Morgan fingerprint density at radius 3 is 3.12 bits per heavy atom. The minimum atomic E-state index is 0.0403. The van der Waals surface area contributed by atoms with E-state index in [0.29, 0.717) is 12.7 Å². The predicted octanol–water partition coefficient (Wildman–Crippen LogP) is 3.12. The normalized spacial score (nSPS) is 19.8. The van der Waals surface area contributed by atoms with Gasteiger partial charge in [-0.05, 0) is 42.8 Å². The van der Waals surface area contributed by atoms with Gasteiger partial charge >= 0.3 is 0 Å². The molecule has 1 aromatic heterocycles. The summed E-state index contributed by atoms with van der Waals surface area (Å²) in [7, 11) is 0. The van der Waals surface area contributed by atoms with Crippen LogP contribution in [0.2, 0.25) is 0 Å². The number of piperidine rings is 1. The van der Waals surface area contributed by atoms with Gasteiger partial charge < -0.3 is 14.8 Å². The van der Waals surface area contributed by atoms with Crippen molar-refractivity contribution in [2.45, 2.75) is 19.4 Å². The molecule has 25 heavy (non-hydrogen) atoms. The number of thiophene rings is 1. The smallest absolute Gasteiger partial charge is 0.261 e. The molecule has 1 amide bonds. The first kappa shape index (κ1) is 16.4. The average molecular weight is 358 g/mol. The van der Waals surface area contributed by atoms with Crippen LogP contribution < -0.4 is 14.8 Å². The predicted molar refractivity (Wildman–Crippen MR) is 97.2 cm³/mol. The lowest BCUT2D eigenvalue weighted by Crippen LogP contribution is -2.40. The number of hydrogen-bond donors (Lipinski definition) is 1. The van der Waals surface area contributed by atoms with Gasteiger partial charge in [0, 0.05) is 25.2 Å². The van der Waals surface area contributed by atoms with Gasteiger partial charge in [-0.2, -0.15) is 0 Å². The van der Waals surface area contributed by atoms with Crippen LogP contribution >= 0.6 is 11.3 Å². The largest absolute Gasteiger partial charge is 0.454 e. The van der Waals surface area contributed by atoms with Gasteiger partial charge in [-0.15, -0.1) is 11.3 Å². The van der Waals surface area contributed by atoms with Crippen LogP contribution in [0.1, 0.15) is 28.1 Å². The van der Waals surface area contributed by atoms with Gasteiger partial charge in [-0.25, -0.2) is 0 Å². The van der Waals surface area contributed by atoms with Crippen molar-refractivity contribution in [3.8, 4) is 11.5 Å². The van der Waals surface area contributed by atoms with E-state index in [2.05, 4.69) is 16.3 Å². The van der Waals surface area contributed by atoms with Crippen LogP contribution in [-0.2, 0) is 6.54 Å². The molecule has 0 radical (unpaired) electrons. The molecule has 2 aliphatic heterocycles. The average Bonchev–Trinajstić information content (AvgIpc) is 3.32. The Bertz CT molecular complexity index is 732. The van der Waals surface area contributed by atoms with Crippen LogP contribution in [-0.4, -0.2) is 37.2 Å². The summed E-state index contributed by atoms with van der Waals surface area (Å²) < 4.78 is 11.1. The maximum absolute atomic E-state index is 12.1. The first-order valence-electron chi connectivity index (χ1n) is 8.71. The van der Waals surface area contributed by atoms with Gasteiger partial charge in [-0.1, -0.05) is 18.2 Å². The highest BCUT2D eigenvalue weighted by atomic mass is 32.1. The highest BCUT2D eigenvalue weighted by Crippen LogP contribution is 2.36. The van der Waals surface area contributed by atoms with Crippen LogP contribution in [0, 0.1) is 5.92 Å². The number of benzene rings is 1. The molecule has 2 aromatic rings. The van der Waals surface area contributed by atoms with Crippen molar-refractivity contribution in [3.05, 3.63) is 46.2 Å². The van der Waals surface area contributed by atoms with E-state index in [1.54, 1.807) is 0 Å². The summed E-state index contributed by atoms with van der Waals surface area (Å²) in [6, 6.07) is 9.85. The number of amides is 1. The van der Waals surface area contributed by atoms with E-state index in [0.717, 1.165) is 55.4 Å². The zero-order valence-corrected chi connectivity index (χ0v) is 14.9. The number of carbonyl (C=O) groups excluding carboxylic acids is 1. The third kappa shape index (κ3) is 3.80. The standard InChI is InChI=1S/C19H22N2O3S/c22-19(17-7-3-9-25-17)20-10-14-4-2-8-21(11-14)12-15-5-1-6-16-18(15)24-13-23-16/h1,3,5-7,9,14H,2,4,8,10-13H2,(H,20,22). The van der Waals surface area contributed by atoms with Gasteiger partial charge in [0.25, 0.3) is 5.91 Å². The summed E-state index contributed by atoms with van der Waals surface area (Å²) in [4.78, 5) is 15.3. The lowest BCUT2D eigenvalue weighted by Gasteiger charge is -2.33. The fourth-order valence-electron chi connectivity index (χ4n) is 3.55. The SMILES string of the molecule is O=C(NCC1CCCN(Cc2cccc3c2OCO3)C1)c1cccs1. The molecule has 1 aromatic carbocycles. The lowest BCUT2D eigenvalue weighted by atomic mass is 9.97. The Morgan fingerprint density at radius 2 is 2.24 bits per heavy atom. The molecule has 0 spiro atoms. The molecule has 4 rings (SSSR count). The molecule has 132 valence electrons. The van der Waals surface area contributed by atoms with Crippen molar-refractivity contribution in [1.29, 1.82) is 0 Å². The molecule has 2 aliphatic rings. The van der Waals surface area contributed by atoms with E-state index in [9.17, 15) is 4.79 Å². The summed E-state index contributed by atoms with van der Waals surface area (Å²) in [5.41, 5.74) is 1.18. The zero-order valence-electron chi connectivity index (χ0n) is 14.1. The molecule has 1 fully saturated rings. The van der Waals surface area contributed by atoms with E-state index in [-0.39, 0.29) is 5.91 Å². The number of ether oxygens (including phenoxy) is 2. The number of rotatable bonds is 5. The van der Waals surface area contributed by atoms with E-state index in [1.165, 1.54) is 16.9 Å². The topological polar surface area (TPSA) is 50.8 Å². The second kappa shape index (κ2) is 7.45. The Hall–Kier alpha value is -2.05. The summed E-state index contributed by atoms with van der Waals surface area (Å²) in [6.45, 7) is 3.99. The number of likely N-dealkylation sites (tertiary alicyclic amines) is 1. The first-order valence-corrected chi connectivity index (χ1v) is 9.59. The number of para-hydroxylation sites is 1. The van der Waals surface area contributed by atoms with Crippen molar-refractivity contribution >= 4 is 17.2 Å². The Morgan fingerprint density at radius 1 is 1.28 bits per heavy atom. The first-order chi connectivity index (χ1) is 12.3. The number of carbonyl (C=O) groups is 1. The summed E-state index contributed by atoms with van der Waals surface area (Å²) >= 11 is 1.48. The van der Waals surface area contributed by atoms with E-state index in [1.807, 2.05) is 29.6 Å². The van der Waals surface area contributed by atoms with Gasteiger partial charge in [0.15, 0.2) is 11.5 Å². The van der Waals surface area contributed by atoms with Crippen LogP contribution in [0.4, 0.5) is 0 Å². The molecule has 6 heteroatoms. The van der Waals surface area contributed by atoms with Gasteiger partial charge in [0.05, 0.1) is 4.88 Å². The molecular formula is C19H22N2O3S. The van der Waals surface area contributed by atoms with Crippen LogP contribution in [0.15, 0.2) is 35.7 Å². The second-order valence-electron chi connectivity index (χ2n) is 6.58. The number of nitrogens with one attached hydrogen (secondary N) is 1. The fraction of sp³-hybridized carbons (Fsp3) is 0.421. The number of fused-ring (bicyclic) bond motifs is 1. The van der Waals surface area contributed by atoms with Crippen LogP contribution in [0.25, 0.3) is 0 Å². The Balaban J connectivity index is 1.32. The van der Waals surface area contributed by atoms with E-state index < -0.39 is 0 Å². The molecule has 0 bridgehead atoms. The van der Waals surface area contributed by atoms with Crippen LogP contribution in [0.3, 0.4) is 0 Å². The summed E-state index contributed by atoms with van der Waals surface area (Å²) in [6.07, 6.45) is 2.32. The van der Waals surface area contributed by atoms with Crippen molar-refractivity contribution < 1.29 is 14.3 Å². The van der Waals surface area contributed by atoms with Gasteiger partial charge in [0.2, 0.25) is 6.79 Å². The second-order valence-corrected chi connectivity index (χ2v) is 7.53. The minimum Gasteiger partial charge on any atom is -0.454 e. The monoisotopic (exact) mass is 358 g/mol. The number of nitrogens with zero attached hydrogens (tertiary/aromatic N) is 1. The highest BCUT2D eigenvalue weighted by Gasteiger charge is 2.24. The van der Waals surface area contributed by atoms with Crippen LogP contribution in [0.5, 0.6) is 11.5 Å². The number of hydrogen-bond acceptors (Lipinski definition) is 5. The molecule has 5 nitrogen and oxygen atoms in total. The molecule has 1 N–H and O–H groups in total. The van der Waals surface area contributed by atoms with Crippen molar-refractivity contribution in [3.63, 3.8) is 0 Å². The van der Waals surface area contributed by atoms with Crippen molar-refractivity contribution in [2.24, 2.45) is 5.92 Å². The van der Waals surface area contributed by atoms with Gasteiger partial charge in [-0.3, -0.25) is 9.69 Å².